The van der Waals surface area contributed by atoms with E-state index in [9.17, 15) is 4.79 Å². The van der Waals surface area contributed by atoms with Gasteiger partial charge in [-0.25, -0.2) is 0 Å². The summed E-state index contributed by atoms with van der Waals surface area (Å²) in [7, 11) is 0. The van der Waals surface area contributed by atoms with Crippen LogP contribution in [0.1, 0.15) is 39.2 Å². The molecule has 0 aliphatic carbocycles. The SMILES string of the molecule is Cc1cc(O[C@H](C)C(=O)NC2CCN(C(C)C)CC2)ccc1Cl. The lowest BCUT2D eigenvalue weighted by atomic mass is 10.0. The molecule has 4 nitrogen and oxygen atoms in total. The summed E-state index contributed by atoms with van der Waals surface area (Å²) in [6.07, 6.45) is 1.48. The van der Waals surface area contributed by atoms with Gasteiger partial charge in [0.25, 0.3) is 5.91 Å². The first-order valence-corrected chi connectivity index (χ1v) is 8.72. The van der Waals surface area contributed by atoms with E-state index in [1.54, 1.807) is 19.1 Å². The smallest absolute Gasteiger partial charge is 0.260 e. The Balaban J connectivity index is 1.82. The molecule has 0 saturated carbocycles. The molecule has 1 saturated heterocycles. The molecule has 1 atom stereocenters. The van der Waals surface area contributed by atoms with Crippen LogP contribution in [-0.4, -0.2) is 42.1 Å². The standard InChI is InChI=1S/C18H27ClN2O2/c1-12(2)21-9-7-15(8-10-21)20-18(22)14(4)23-16-5-6-17(19)13(3)11-16/h5-6,11-12,14-15H,7-10H2,1-4H3,(H,20,22)/t14-/m1/s1. The summed E-state index contributed by atoms with van der Waals surface area (Å²) < 4.78 is 5.73. The van der Waals surface area contributed by atoms with Crippen molar-refractivity contribution in [1.82, 2.24) is 10.2 Å². The number of ether oxygens (including phenoxy) is 1. The van der Waals surface area contributed by atoms with Crippen LogP contribution in [0.3, 0.4) is 0 Å². The normalized spacial score (nSPS) is 18.0. The van der Waals surface area contributed by atoms with E-state index in [0.29, 0.717) is 16.8 Å². The lowest BCUT2D eigenvalue weighted by molar-refractivity contribution is -0.128. The fourth-order valence-electron chi connectivity index (χ4n) is 2.83. The molecule has 1 heterocycles. The predicted octanol–water partition coefficient (Wildman–Crippen LogP) is 3.40. The molecule has 1 fully saturated rings. The summed E-state index contributed by atoms with van der Waals surface area (Å²) in [6.45, 7) is 10.2. The van der Waals surface area contributed by atoms with Crippen LogP contribution in [0.25, 0.3) is 0 Å². The third kappa shape index (κ3) is 5.11. The minimum atomic E-state index is -0.515. The Hall–Kier alpha value is -1.26. The fraction of sp³-hybridized carbons (Fsp3) is 0.611. The zero-order valence-electron chi connectivity index (χ0n) is 14.4. The molecule has 23 heavy (non-hydrogen) atoms. The van der Waals surface area contributed by atoms with Crippen molar-refractivity contribution in [3.05, 3.63) is 28.8 Å². The summed E-state index contributed by atoms with van der Waals surface area (Å²) >= 11 is 6.00. The van der Waals surface area contributed by atoms with Crippen LogP contribution in [0.4, 0.5) is 0 Å². The Kier molecular flexibility index (Phi) is 6.31. The lowest BCUT2D eigenvalue weighted by Gasteiger charge is -2.35. The van der Waals surface area contributed by atoms with E-state index in [0.717, 1.165) is 31.5 Å². The van der Waals surface area contributed by atoms with Gasteiger partial charge in [0.05, 0.1) is 0 Å². The number of piperidine rings is 1. The molecule has 128 valence electrons. The summed E-state index contributed by atoms with van der Waals surface area (Å²) in [4.78, 5) is 14.8. The first-order valence-electron chi connectivity index (χ1n) is 8.34. The molecule has 2 rings (SSSR count). The highest BCUT2D eigenvalue weighted by atomic mass is 35.5. The van der Waals surface area contributed by atoms with Gasteiger partial charge in [-0.15, -0.1) is 0 Å². The van der Waals surface area contributed by atoms with Crippen LogP contribution in [0, 0.1) is 6.92 Å². The molecular weight excluding hydrogens is 312 g/mol. The van der Waals surface area contributed by atoms with Gasteiger partial charge in [0, 0.05) is 30.2 Å². The lowest BCUT2D eigenvalue weighted by Crippen LogP contribution is -2.49. The highest BCUT2D eigenvalue weighted by Gasteiger charge is 2.24. The Bertz CT molecular complexity index is 540. The van der Waals surface area contributed by atoms with Crippen LogP contribution in [0.5, 0.6) is 5.75 Å². The minimum Gasteiger partial charge on any atom is -0.481 e. The summed E-state index contributed by atoms with van der Waals surface area (Å²) in [5.41, 5.74) is 0.942. The van der Waals surface area contributed by atoms with E-state index in [-0.39, 0.29) is 11.9 Å². The summed E-state index contributed by atoms with van der Waals surface area (Å²) in [5.74, 6) is 0.616. The van der Waals surface area contributed by atoms with E-state index in [1.165, 1.54) is 0 Å². The van der Waals surface area contributed by atoms with Crippen LogP contribution in [0.2, 0.25) is 5.02 Å². The second kappa shape index (κ2) is 8.02. The third-order valence-corrected chi connectivity index (χ3v) is 4.84. The first kappa shape index (κ1) is 18.1. The number of carbonyl (C=O) groups is 1. The molecule has 1 aromatic rings. The zero-order chi connectivity index (χ0) is 17.0. The topological polar surface area (TPSA) is 41.6 Å². The highest BCUT2D eigenvalue weighted by Crippen LogP contribution is 2.22. The molecule has 0 aromatic heterocycles. The van der Waals surface area contributed by atoms with Gasteiger partial charge in [-0.3, -0.25) is 4.79 Å². The molecule has 1 aliphatic heterocycles. The number of hydrogen-bond acceptors (Lipinski definition) is 3. The van der Waals surface area contributed by atoms with Gasteiger partial charge in [0.15, 0.2) is 6.10 Å². The van der Waals surface area contributed by atoms with Crippen molar-refractivity contribution in [1.29, 1.82) is 0 Å². The minimum absolute atomic E-state index is 0.0550. The molecule has 5 heteroatoms. The highest BCUT2D eigenvalue weighted by molar-refractivity contribution is 6.31. The Morgan fingerprint density at radius 3 is 2.52 bits per heavy atom. The average Bonchev–Trinajstić information content (AvgIpc) is 2.51. The Morgan fingerprint density at radius 1 is 1.30 bits per heavy atom. The predicted molar refractivity (Wildman–Crippen MR) is 94.2 cm³/mol. The number of nitrogens with one attached hydrogen (secondary N) is 1. The number of carbonyl (C=O) groups excluding carboxylic acids is 1. The number of halogens is 1. The van der Waals surface area contributed by atoms with E-state index >= 15 is 0 Å². The second-order valence-corrected chi connectivity index (χ2v) is 6.99. The van der Waals surface area contributed by atoms with Gasteiger partial charge in [-0.2, -0.15) is 0 Å². The second-order valence-electron chi connectivity index (χ2n) is 6.58. The van der Waals surface area contributed by atoms with Gasteiger partial charge in [0.1, 0.15) is 5.75 Å². The number of rotatable bonds is 5. The maximum absolute atomic E-state index is 12.3. The number of likely N-dealkylation sites (tertiary alicyclic amines) is 1. The molecule has 1 amide bonds. The monoisotopic (exact) mass is 338 g/mol. The summed E-state index contributed by atoms with van der Waals surface area (Å²) in [6, 6.07) is 6.25. The van der Waals surface area contributed by atoms with Crippen molar-refractivity contribution in [3.63, 3.8) is 0 Å². The van der Waals surface area contributed by atoms with Crippen LogP contribution < -0.4 is 10.1 Å². The molecule has 1 N–H and O–H groups in total. The van der Waals surface area contributed by atoms with Gasteiger partial charge in [0.2, 0.25) is 0 Å². The third-order valence-electron chi connectivity index (χ3n) is 4.42. The molecular formula is C18H27ClN2O2. The average molecular weight is 339 g/mol. The number of amides is 1. The van der Waals surface area contributed by atoms with Crippen molar-refractivity contribution in [2.24, 2.45) is 0 Å². The van der Waals surface area contributed by atoms with Crippen LogP contribution in [-0.2, 0) is 4.79 Å². The number of nitrogens with zero attached hydrogens (tertiary/aromatic N) is 1. The molecule has 0 unspecified atom stereocenters. The quantitative estimate of drug-likeness (QED) is 0.894. The molecule has 0 bridgehead atoms. The van der Waals surface area contributed by atoms with E-state index in [2.05, 4.69) is 24.1 Å². The largest absolute Gasteiger partial charge is 0.481 e. The van der Waals surface area contributed by atoms with Gasteiger partial charge >= 0.3 is 0 Å². The van der Waals surface area contributed by atoms with Crippen molar-refractivity contribution in [3.8, 4) is 5.75 Å². The van der Waals surface area contributed by atoms with Crippen molar-refractivity contribution >= 4 is 17.5 Å². The number of benzene rings is 1. The maximum atomic E-state index is 12.3. The first-order chi connectivity index (χ1) is 10.9. The van der Waals surface area contributed by atoms with Crippen molar-refractivity contribution in [2.45, 2.75) is 58.7 Å². The van der Waals surface area contributed by atoms with Gasteiger partial charge in [-0.05, 0) is 64.3 Å². The van der Waals surface area contributed by atoms with Crippen LogP contribution >= 0.6 is 11.6 Å². The molecule has 0 spiro atoms. The van der Waals surface area contributed by atoms with Gasteiger partial charge < -0.3 is 15.0 Å². The zero-order valence-corrected chi connectivity index (χ0v) is 15.2. The number of hydrogen-bond donors (Lipinski definition) is 1. The molecule has 1 aliphatic rings. The van der Waals surface area contributed by atoms with Crippen LogP contribution in [0.15, 0.2) is 18.2 Å². The molecule has 1 aromatic carbocycles. The van der Waals surface area contributed by atoms with Crippen molar-refractivity contribution in [2.75, 3.05) is 13.1 Å². The maximum Gasteiger partial charge on any atom is 0.260 e. The van der Waals surface area contributed by atoms with E-state index < -0.39 is 6.10 Å². The number of aryl methyl sites for hydroxylation is 1. The van der Waals surface area contributed by atoms with Crippen molar-refractivity contribution < 1.29 is 9.53 Å². The Morgan fingerprint density at radius 2 is 1.96 bits per heavy atom. The van der Waals surface area contributed by atoms with Gasteiger partial charge in [-0.1, -0.05) is 11.6 Å². The molecule has 0 radical (unpaired) electrons. The fourth-order valence-corrected chi connectivity index (χ4v) is 2.94. The van der Waals surface area contributed by atoms with E-state index in [1.807, 2.05) is 13.0 Å². The Labute approximate surface area is 144 Å². The van der Waals surface area contributed by atoms with E-state index in [4.69, 9.17) is 16.3 Å². The summed E-state index contributed by atoms with van der Waals surface area (Å²) in [5, 5.41) is 3.81.